The smallest absolute Gasteiger partial charge is 0.252 e. The quantitative estimate of drug-likeness (QED) is 0.800. The van der Waals surface area contributed by atoms with Gasteiger partial charge in [0.15, 0.2) is 0 Å². The molecule has 0 aliphatic rings. The molecule has 0 spiro atoms. The lowest BCUT2D eigenvalue weighted by Gasteiger charge is -2.08. The van der Waals surface area contributed by atoms with Gasteiger partial charge in [-0.15, -0.1) is 0 Å². The molecule has 0 amide bonds. The highest BCUT2D eigenvalue weighted by Crippen LogP contribution is 2.21. The Balaban J connectivity index is 2.17. The molecule has 0 aliphatic heterocycles. The first-order chi connectivity index (χ1) is 9.20. The minimum absolute atomic E-state index is 0.283. The molecule has 4 heteroatoms. The predicted molar refractivity (Wildman–Crippen MR) is 72.1 cm³/mol. The summed E-state index contributed by atoms with van der Waals surface area (Å²) in [5, 5.41) is 8.45. The summed E-state index contributed by atoms with van der Waals surface area (Å²) < 4.78 is 5.57. The van der Waals surface area contributed by atoms with Crippen molar-refractivity contribution in [2.45, 2.75) is 6.61 Å². The van der Waals surface area contributed by atoms with Crippen LogP contribution in [-0.2, 0) is 6.61 Å². The van der Waals surface area contributed by atoms with Crippen molar-refractivity contribution in [3.63, 3.8) is 0 Å². The lowest BCUT2D eigenvalue weighted by Crippen LogP contribution is -1.98. The van der Waals surface area contributed by atoms with Gasteiger partial charge < -0.3 is 4.74 Å². The second kappa shape index (κ2) is 6.03. The second-order valence-electron chi connectivity index (χ2n) is 3.87. The van der Waals surface area contributed by atoms with E-state index < -0.39 is 5.24 Å². The normalized spacial score (nSPS) is 9.68. The maximum absolute atomic E-state index is 11.0. The van der Waals surface area contributed by atoms with Crippen LogP contribution in [0.5, 0.6) is 5.75 Å². The van der Waals surface area contributed by atoms with Crippen LogP contribution >= 0.6 is 11.6 Å². The Hall–Kier alpha value is -2.31. The lowest BCUT2D eigenvalue weighted by atomic mass is 10.1. The molecule has 94 valence electrons. The Kier molecular flexibility index (Phi) is 4.17. The molecule has 0 radical (unpaired) electrons. The standard InChI is InChI=1S/C15H10ClNO2/c16-15(18)12-6-7-14(13(8-12)9-17)19-10-11-4-2-1-3-5-11/h1-8H,10H2. The van der Waals surface area contributed by atoms with Gasteiger partial charge in [0.05, 0.1) is 5.56 Å². The van der Waals surface area contributed by atoms with Crippen molar-refractivity contribution in [1.29, 1.82) is 5.26 Å². The van der Waals surface area contributed by atoms with Crippen LogP contribution in [0.4, 0.5) is 0 Å². The summed E-state index contributed by atoms with van der Waals surface area (Å²) in [5.74, 6) is 0.438. The van der Waals surface area contributed by atoms with Gasteiger partial charge >= 0.3 is 0 Å². The van der Waals surface area contributed by atoms with E-state index in [-0.39, 0.29) is 5.56 Å². The maximum Gasteiger partial charge on any atom is 0.252 e. The summed E-state index contributed by atoms with van der Waals surface area (Å²) in [6.45, 7) is 0.365. The zero-order valence-corrected chi connectivity index (χ0v) is 10.7. The molecule has 2 aromatic rings. The van der Waals surface area contributed by atoms with Gasteiger partial charge in [0.1, 0.15) is 18.4 Å². The number of nitrogens with zero attached hydrogens (tertiary/aromatic N) is 1. The fraction of sp³-hybridized carbons (Fsp3) is 0.0667. The Labute approximate surface area is 116 Å². The number of hydrogen-bond acceptors (Lipinski definition) is 3. The van der Waals surface area contributed by atoms with E-state index in [1.807, 2.05) is 36.4 Å². The first-order valence-electron chi connectivity index (χ1n) is 5.61. The average Bonchev–Trinajstić information content (AvgIpc) is 2.45. The third-order valence-electron chi connectivity index (χ3n) is 2.56. The molecule has 0 aromatic heterocycles. The Bertz CT molecular complexity index is 632. The van der Waals surface area contributed by atoms with E-state index in [0.717, 1.165) is 5.56 Å². The molecular formula is C15H10ClNO2. The van der Waals surface area contributed by atoms with Gasteiger partial charge in [0.25, 0.3) is 5.24 Å². The van der Waals surface area contributed by atoms with Crippen molar-refractivity contribution >= 4 is 16.8 Å². The molecule has 0 heterocycles. The Morgan fingerprint density at radius 1 is 1.21 bits per heavy atom. The molecule has 3 nitrogen and oxygen atoms in total. The number of nitriles is 1. The Morgan fingerprint density at radius 2 is 1.95 bits per heavy atom. The van der Waals surface area contributed by atoms with Crippen LogP contribution in [0.3, 0.4) is 0 Å². The van der Waals surface area contributed by atoms with Crippen molar-refractivity contribution in [3.05, 3.63) is 65.2 Å². The highest BCUT2D eigenvalue weighted by atomic mass is 35.5. The highest BCUT2D eigenvalue weighted by Gasteiger charge is 2.08. The largest absolute Gasteiger partial charge is 0.488 e. The zero-order valence-electron chi connectivity index (χ0n) is 9.97. The van der Waals surface area contributed by atoms with Gasteiger partial charge in [-0.2, -0.15) is 5.26 Å². The number of carbonyl (C=O) groups excluding carboxylic acids is 1. The fourth-order valence-electron chi connectivity index (χ4n) is 1.60. The summed E-state index contributed by atoms with van der Waals surface area (Å²) in [5.41, 5.74) is 1.58. The number of hydrogen-bond donors (Lipinski definition) is 0. The summed E-state index contributed by atoms with van der Waals surface area (Å²) >= 11 is 5.37. The molecule has 2 rings (SSSR count). The molecule has 0 saturated heterocycles. The van der Waals surface area contributed by atoms with Gasteiger partial charge in [-0.1, -0.05) is 30.3 Å². The maximum atomic E-state index is 11.0. The molecule has 19 heavy (non-hydrogen) atoms. The molecule has 0 fully saturated rings. The zero-order chi connectivity index (χ0) is 13.7. The number of halogens is 1. The topological polar surface area (TPSA) is 50.1 Å². The number of carbonyl (C=O) groups is 1. The van der Waals surface area contributed by atoms with Crippen molar-refractivity contribution in [3.8, 4) is 11.8 Å². The monoisotopic (exact) mass is 271 g/mol. The van der Waals surface area contributed by atoms with E-state index in [9.17, 15) is 4.79 Å². The molecule has 0 atom stereocenters. The Morgan fingerprint density at radius 3 is 2.58 bits per heavy atom. The van der Waals surface area contributed by atoms with Crippen LogP contribution in [0.1, 0.15) is 21.5 Å². The predicted octanol–water partition coefficient (Wildman–Crippen LogP) is 3.52. The van der Waals surface area contributed by atoms with Crippen LogP contribution < -0.4 is 4.74 Å². The van der Waals surface area contributed by atoms with Crippen LogP contribution in [0.25, 0.3) is 0 Å². The SMILES string of the molecule is N#Cc1cc(C(=O)Cl)ccc1OCc1ccccc1. The van der Waals surface area contributed by atoms with Gasteiger partial charge in [-0.05, 0) is 35.4 Å². The number of rotatable bonds is 4. The van der Waals surface area contributed by atoms with E-state index in [2.05, 4.69) is 0 Å². The number of benzene rings is 2. The molecule has 0 bridgehead atoms. The summed E-state index contributed by atoms with van der Waals surface area (Å²) in [7, 11) is 0. The van der Waals surface area contributed by atoms with Gasteiger partial charge in [-0.25, -0.2) is 0 Å². The second-order valence-corrected chi connectivity index (χ2v) is 4.21. The molecule has 0 saturated carbocycles. The van der Waals surface area contributed by atoms with E-state index >= 15 is 0 Å². The average molecular weight is 272 g/mol. The first-order valence-corrected chi connectivity index (χ1v) is 5.99. The van der Waals surface area contributed by atoms with E-state index in [0.29, 0.717) is 17.9 Å². The van der Waals surface area contributed by atoms with Crippen molar-refractivity contribution in [2.24, 2.45) is 0 Å². The highest BCUT2D eigenvalue weighted by molar-refractivity contribution is 6.67. The minimum Gasteiger partial charge on any atom is -0.488 e. The van der Waals surface area contributed by atoms with Crippen LogP contribution in [0.15, 0.2) is 48.5 Å². The minimum atomic E-state index is -0.592. The van der Waals surface area contributed by atoms with Crippen molar-refractivity contribution in [1.82, 2.24) is 0 Å². The van der Waals surface area contributed by atoms with Gasteiger partial charge in [0.2, 0.25) is 0 Å². The van der Waals surface area contributed by atoms with E-state index in [1.54, 1.807) is 6.07 Å². The fourth-order valence-corrected chi connectivity index (χ4v) is 1.72. The molecule has 2 aromatic carbocycles. The van der Waals surface area contributed by atoms with Crippen LogP contribution in [0.2, 0.25) is 0 Å². The van der Waals surface area contributed by atoms with Crippen molar-refractivity contribution in [2.75, 3.05) is 0 Å². The third kappa shape index (κ3) is 3.34. The summed E-state index contributed by atoms with van der Waals surface area (Å²) in [4.78, 5) is 11.0. The third-order valence-corrected chi connectivity index (χ3v) is 2.78. The first kappa shape index (κ1) is 13.1. The molecule has 0 unspecified atom stereocenters. The van der Waals surface area contributed by atoms with Crippen LogP contribution in [0, 0.1) is 11.3 Å². The van der Waals surface area contributed by atoms with Gasteiger partial charge in [-0.3, -0.25) is 4.79 Å². The van der Waals surface area contributed by atoms with E-state index in [4.69, 9.17) is 21.6 Å². The van der Waals surface area contributed by atoms with Gasteiger partial charge in [0, 0.05) is 5.56 Å². The molecule has 0 N–H and O–H groups in total. The summed E-state index contributed by atoms with van der Waals surface area (Å²) in [6, 6.07) is 16.2. The number of ether oxygens (including phenoxy) is 1. The molecule has 0 aliphatic carbocycles. The van der Waals surface area contributed by atoms with E-state index in [1.165, 1.54) is 12.1 Å². The summed E-state index contributed by atoms with van der Waals surface area (Å²) in [6.07, 6.45) is 0. The molecular weight excluding hydrogens is 262 g/mol. The lowest BCUT2D eigenvalue weighted by molar-refractivity contribution is 0.108. The van der Waals surface area contributed by atoms with Crippen LogP contribution in [-0.4, -0.2) is 5.24 Å². The van der Waals surface area contributed by atoms with Crippen molar-refractivity contribution < 1.29 is 9.53 Å².